The first kappa shape index (κ1) is 13.8. The molecule has 1 aromatic rings. The van der Waals surface area contributed by atoms with E-state index in [1.807, 2.05) is 0 Å². The highest BCUT2D eigenvalue weighted by Gasteiger charge is 2.16. The standard InChI is InChI=1S/C13H19FO3/c1-8(15)5-10-6-12(16-3)13(17-4)7-11(10)9(2)14/h6-9,15H,5H2,1-4H3. The fraction of sp³-hybridized carbons (Fsp3) is 0.538. The minimum Gasteiger partial charge on any atom is -0.493 e. The molecule has 0 amide bonds. The summed E-state index contributed by atoms with van der Waals surface area (Å²) in [7, 11) is 3.04. The number of aliphatic hydroxyl groups excluding tert-OH is 1. The lowest BCUT2D eigenvalue weighted by molar-refractivity contribution is 0.194. The lowest BCUT2D eigenvalue weighted by Gasteiger charge is -2.16. The van der Waals surface area contributed by atoms with Crippen molar-refractivity contribution < 1.29 is 19.0 Å². The fourth-order valence-corrected chi connectivity index (χ4v) is 1.80. The maximum Gasteiger partial charge on any atom is 0.161 e. The Morgan fingerprint density at radius 2 is 1.71 bits per heavy atom. The highest BCUT2D eigenvalue weighted by atomic mass is 19.1. The van der Waals surface area contributed by atoms with Crippen LogP contribution < -0.4 is 9.47 Å². The zero-order valence-electron chi connectivity index (χ0n) is 10.7. The van der Waals surface area contributed by atoms with Crippen LogP contribution in [0.1, 0.15) is 31.1 Å². The Morgan fingerprint density at radius 1 is 1.18 bits per heavy atom. The Kier molecular flexibility index (Phi) is 4.75. The highest BCUT2D eigenvalue weighted by Crippen LogP contribution is 2.34. The van der Waals surface area contributed by atoms with E-state index in [0.717, 1.165) is 5.56 Å². The molecule has 0 bridgehead atoms. The van der Waals surface area contributed by atoms with E-state index in [1.54, 1.807) is 19.1 Å². The van der Waals surface area contributed by atoms with Gasteiger partial charge in [0.05, 0.1) is 20.3 Å². The van der Waals surface area contributed by atoms with Gasteiger partial charge < -0.3 is 14.6 Å². The number of alkyl halides is 1. The molecule has 0 heterocycles. The SMILES string of the molecule is COc1cc(CC(C)O)c(C(C)F)cc1OC. The minimum absolute atomic E-state index is 0.393. The maximum atomic E-state index is 13.5. The van der Waals surface area contributed by atoms with Gasteiger partial charge in [0.1, 0.15) is 6.17 Å². The van der Waals surface area contributed by atoms with Crippen molar-refractivity contribution in [2.24, 2.45) is 0 Å². The van der Waals surface area contributed by atoms with E-state index in [2.05, 4.69) is 0 Å². The van der Waals surface area contributed by atoms with Gasteiger partial charge in [-0.05, 0) is 43.5 Å². The fourth-order valence-electron chi connectivity index (χ4n) is 1.80. The molecule has 0 aromatic heterocycles. The quantitative estimate of drug-likeness (QED) is 0.862. The Hall–Kier alpha value is -1.29. The lowest BCUT2D eigenvalue weighted by Crippen LogP contribution is -2.08. The van der Waals surface area contributed by atoms with Gasteiger partial charge >= 0.3 is 0 Å². The molecule has 0 aliphatic rings. The Bertz CT molecular complexity index is 375. The lowest BCUT2D eigenvalue weighted by atomic mass is 9.98. The molecule has 0 aliphatic heterocycles. The number of ether oxygens (including phenoxy) is 2. The molecule has 1 aromatic carbocycles. The first-order chi connectivity index (χ1) is 7.99. The van der Waals surface area contributed by atoms with Crippen molar-refractivity contribution in [1.29, 1.82) is 0 Å². The Labute approximate surface area is 101 Å². The third-order valence-corrected chi connectivity index (χ3v) is 2.59. The van der Waals surface area contributed by atoms with Crippen LogP contribution in [-0.4, -0.2) is 25.4 Å². The van der Waals surface area contributed by atoms with Crippen LogP contribution in [0.3, 0.4) is 0 Å². The molecule has 4 heteroatoms. The second-order valence-electron chi connectivity index (χ2n) is 4.08. The van der Waals surface area contributed by atoms with Crippen molar-refractivity contribution in [1.82, 2.24) is 0 Å². The van der Waals surface area contributed by atoms with Crippen molar-refractivity contribution in [2.75, 3.05) is 14.2 Å². The summed E-state index contributed by atoms with van der Waals surface area (Å²) in [6, 6.07) is 3.35. The molecular weight excluding hydrogens is 223 g/mol. The van der Waals surface area contributed by atoms with E-state index in [-0.39, 0.29) is 0 Å². The van der Waals surface area contributed by atoms with Gasteiger partial charge in [-0.3, -0.25) is 0 Å². The third-order valence-electron chi connectivity index (χ3n) is 2.59. The molecule has 2 atom stereocenters. The molecule has 2 unspecified atom stereocenters. The second-order valence-corrected chi connectivity index (χ2v) is 4.08. The topological polar surface area (TPSA) is 38.7 Å². The molecule has 0 saturated heterocycles. The second kappa shape index (κ2) is 5.87. The molecular formula is C13H19FO3. The van der Waals surface area contributed by atoms with Crippen LogP contribution in [0.2, 0.25) is 0 Å². The van der Waals surface area contributed by atoms with Crippen molar-refractivity contribution in [3.63, 3.8) is 0 Å². The van der Waals surface area contributed by atoms with E-state index in [0.29, 0.717) is 23.5 Å². The predicted molar refractivity (Wildman–Crippen MR) is 64.5 cm³/mol. The normalized spacial score (nSPS) is 14.2. The largest absolute Gasteiger partial charge is 0.493 e. The van der Waals surface area contributed by atoms with Crippen molar-refractivity contribution in [2.45, 2.75) is 32.5 Å². The molecule has 1 N–H and O–H groups in total. The zero-order chi connectivity index (χ0) is 13.0. The monoisotopic (exact) mass is 242 g/mol. The van der Waals surface area contributed by atoms with Crippen LogP contribution in [0, 0.1) is 0 Å². The summed E-state index contributed by atoms with van der Waals surface area (Å²) in [6.45, 7) is 3.14. The molecule has 0 spiro atoms. The molecule has 0 fully saturated rings. The van der Waals surface area contributed by atoms with Crippen LogP contribution in [0.4, 0.5) is 4.39 Å². The van der Waals surface area contributed by atoms with Gasteiger partial charge in [0.25, 0.3) is 0 Å². The van der Waals surface area contributed by atoms with E-state index in [4.69, 9.17) is 9.47 Å². The van der Waals surface area contributed by atoms with Crippen LogP contribution in [0.15, 0.2) is 12.1 Å². The molecule has 0 aliphatic carbocycles. The number of methoxy groups -OCH3 is 2. The molecule has 3 nitrogen and oxygen atoms in total. The summed E-state index contributed by atoms with van der Waals surface area (Å²) in [4.78, 5) is 0. The van der Waals surface area contributed by atoms with Gasteiger partial charge in [-0.1, -0.05) is 0 Å². The summed E-state index contributed by atoms with van der Waals surface area (Å²) < 4.78 is 23.8. The van der Waals surface area contributed by atoms with Gasteiger partial charge in [-0.15, -0.1) is 0 Å². The van der Waals surface area contributed by atoms with Crippen LogP contribution in [0.5, 0.6) is 11.5 Å². The van der Waals surface area contributed by atoms with Crippen molar-refractivity contribution >= 4 is 0 Å². The smallest absolute Gasteiger partial charge is 0.161 e. The third kappa shape index (κ3) is 3.33. The van der Waals surface area contributed by atoms with Crippen molar-refractivity contribution in [3.8, 4) is 11.5 Å². The van der Waals surface area contributed by atoms with Gasteiger partial charge in [0.15, 0.2) is 11.5 Å². The average molecular weight is 242 g/mol. The van der Waals surface area contributed by atoms with Crippen molar-refractivity contribution in [3.05, 3.63) is 23.3 Å². The van der Waals surface area contributed by atoms with Gasteiger partial charge in [0.2, 0.25) is 0 Å². The molecule has 17 heavy (non-hydrogen) atoms. The zero-order valence-corrected chi connectivity index (χ0v) is 10.7. The summed E-state index contributed by atoms with van der Waals surface area (Å²) in [5.74, 6) is 1.05. The number of hydrogen-bond acceptors (Lipinski definition) is 3. The molecule has 0 radical (unpaired) electrons. The molecule has 0 saturated carbocycles. The van der Waals surface area contributed by atoms with E-state index in [1.165, 1.54) is 21.1 Å². The van der Waals surface area contributed by atoms with Gasteiger partial charge in [-0.25, -0.2) is 4.39 Å². The summed E-state index contributed by atoms with van der Waals surface area (Å²) in [5.41, 5.74) is 1.27. The van der Waals surface area contributed by atoms with Crippen LogP contribution in [0.25, 0.3) is 0 Å². The summed E-state index contributed by atoms with van der Waals surface area (Å²) in [6.07, 6.45) is -1.24. The van der Waals surface area contributed by atoms with E-state index < -0.39 is 12.3 Å². The Balaban J connectivity index is 3.24. The van der Waals surface area contributed by atoms with E-state index >= 15 is 0 Å². The van der Waals surface area contributed by atoms with Crippen LogP contribution in [-0.2, 0) is 6.42 Å². The van der Waals surface area contributed by atoms with Crippen LogP contribution >= 0.6 is 0 Å². The predicted octanol–water partition coefficient (Wildman–Crippen LogP) is 2.66. The number of halogens is 1. The molecule has 1 rings (SSSR count). The number of hydrogen-bond donors (Lipinski definition) is 1. The summed E-state index contributed by atoms with van der Waals surface area (Å²) in [5, 5.41) is 9.41. The number of aliphatic hydroxyl groups is 1. The highest BCUT2D eigenvalue weighted by molar-refractivity contribution is 5.48. The van der Waals surface area contributed by atoms with Gasteiger partial charge in [-0.2, -0.15) is 0 Å². The maximum absolute atomic E-state index is 13.5. The molecule has 96 valence electrons. The Morgan fingerprint density at radius 3 is 2.12 bits per heavy atom. The first-order valence-corrected chi connectivity index (χ1v) is 5.56. The summed E-state index contributed by atoms with van der Waals surface area (Å²) >= 11 is 0. The number of rotatable bonds is 5. The van der Waals surface area contributed by atoms with Gasteiger partial charge in [0, 0.05) is 0 Å². The number of benzene rings is 1. The average Bonchev–Trinajstić information content (AvgIpc) is 2.27. The van der Waals surface area contributed by atoms with E-state index in [9.17, 15) is 9.50 Å². The minimum atomic E-state index is -1.11. The first-order valence-electron chi connectivity index (χ1n) is 5.56.